The Bertz CT molecular complexity index is 654. The fourth-order valence-electron chi connectivity index (χ4n) is 1.92. The molecule has 21 heavy (non-hydrogen) atoms. The van der Waals surface area contributed by atoms with Gasteiger partial charge in [-0.05, 0) is 24.1 Å². The Morgan fingerprint density at radius 3 is 2.14 bits per heavy atom. The first kappa shape index (κ1) is 16.0. The van der Waals surface area contributed by atoms with Gasteiger partial charge in [0.15, 0.2) is 0 Å². The number of nitro groups is 1. The van der Waals surface area contributed by atoms with Crippen LogP contribution in [-0.4, -0.2) is 4.92 Å². The Morgan fingerprint density at radius 2 is 1.67 bits per heavy atom. The van der Waals surface area contributed by atoms with Crippen LogP contribution in [0.3, 0.4) is 0 Å². The van der Waals surface area contributed by atoms with Crippen molar-refractivity contribution >= 4 is 37.5 Å². The van der Waals surface area contributed by atoms with E-state index in [1.54, 1.807) is 12.1 Å². The first-order valence-corrected chi connectivity index (χ1v) is 7.61. The smallest absolute Gasteiger partial charge is 0.258 e. The molecule has 0 aromatic heterocycles. The Kier molecular flexibility index (Phi) is 5.05. The molecule has 0 saturated heterocycles. The average molecular weight is 421 g/mol. The zero-order chi connectivity index (χ0) is 15.6. The highest BCUT2D eigenvalue weighted by Gasteiger charge is 2.19. The van der Waals surface area contributed by atoms with E-state index >= 15 is 0 Å². The molecule has 0 heterocycles. The molecular weight excluding hydrogens is 412 g/mol. The predicted molar refractivity (Wildman–Crippen MR) is 82.5 cm³/mol. The van der Waals surface area contributed by atoms with Gasteiger partial charge in [-0.15, -0.1) is 0 Å². The second kappa shape index (κ2) is 6.62. The third-order valence-electron chi connectivity index (χ3n) is 2.92. The summed E-state index contributed by atoms with van der Waals surface area (Å²) in [4.78, 5) is 9.51. The highest BCUT2D eigenvalue weighted by molar-refractivity contribution is 9.10. The summed E-state index contributed by atoms with van der Waals surface area (Å²) in [6.45, 7) is 0. The SMILES string of the molecule is O=[N+]([O-])c1ccc(CC(Br)c2c(F)cc(Br)cc2F)cc1. The number of hydrogen-bond donors (Lipinski definition) is 0. The van der Waals surface area contributed by atoms with Gasteiger partial charge in [0.05, 0.1) is 4.92 Å². The molecule has 110 valence electrons. The third kappa shape index (κ3) is 3.85. The Labute approximate surface area is 136 Å². The van der Waals surface area contributed by atoms with Crippen molar-refractivity contribution in [1.82, 2.24) is 0 Å². The van der Waals surface area contributed by atoms with Crippen molar-refractivity contribution in [3.05, 3.63) is 73.7 Å². The molecule has 0 N–H and O–H groups in total. The number of halogens is 4. The molecule has 0 spiro atoms. The third-order valence-corrected chi connectivity index (χ3v) is 4.16. The number of hydrogen-bond acceptors (Lipinski definition) is 2. The minimum Gasteiger partial charge on any atom is -0.258 e. The maximum absolute atomic E-state index is 13.8. The summed E-state index contributed by atoms with van der Waals surface area (Å²) < 4.78 is 28.0. The van der Waals surface area contributed by atoms with E-state index in [0.29, 0.717) is 10.9 Å². The van der Waals surface area contributed by atoms with Crippen molar-refractivity contribution in [2.24, 2.45) is 0 Å². The lowest BCUT2D eigenvalue weighted by Gasteiger charge is -2.13. The lowest BCUT2D eigenvalue weighted by molar-refractivity contribution is -0.384. The highest BCUT2D eigenvalue weighted by atomic mass is 79.9. The highest BCUT2D eigenvalue weighted by Crippen LogP contribution is 2.33. The van der Waals surface area contributed by atoms with Crippen LogP contribution in [-0.2, 0) is 6.42 Å². The molecule has 1 atom stereocenters. The summed E-state index contributed by atoms with van der Waals surface area (Å²) in [5.74, 6) is -1.30. The molecule has 2 aromatic rings. The molecule has 0 aliphatic heterocycles. The topological polar surface area (TPSA) is 43.1 Å². The van der Waals surface area contributed by atoms with Crippen LogP contribution in [0.25, 0.3) is 0 Å². The van der Waals surface area contributed by atoms with Crippen molar-refractivity contribution in [3.8, 4) is 0 Å². The summed E-state index contributed by atoms with van der Waals surface area (Å²) in [6, 6.07) is 8.26. The van der Waals surface area contributed by atoms with Gasteiger partial charge in [0.25, 0.3) is 5.69 Å². The molecule has 2 aromatic carbocycles. The summed E-state index contributed by atoms with van der Waals surface area (Å²) in [7, 11) is 0. The van der Waals surface area contributed by atoms with E-state index in [9.17, 15) is 18.9 Å². The van der Waals surface area contributed by atoms with Gasteiger partial charge in [-0.3, -0.25) is 10.1 Å². The number of alkyl halides is 1. The van der Waals surface area contributed by atoms with Gasteiger partial charge in [0, 0.05) is 27.0 Å². The van der Waals surface area contributed by atoms with E-state index in [2.05, 4.69) is 31.9 Å². The summed E-state index contributed by atoms with van der Waals surface area (Å²) >= 11 is 6.29. The molecule has 0 saturated carbocycles. The van der Waals surface area contributed by atoms with Gasteiger partial charge in [-0.1, -0.05) is 44.0 Å². The van der Waals surface area contributed by atoms with E-state index in [0.717, 1.165) is 5.56 Å². The Balaban J connectivity index is 2.22. The largest absolute Gasteiger partial charge is 0.269 e. The van der Waals surface area contributed by atoms with Gasteiger partial charge in [0.1, 0.15) is 11.6 Å². The van der Waals surface area contributed by atoms with Crippen LogP contribution in [0, 0.1) is 21.7 Å². The van der Waals surface area contributed by atoms with Crippen LogP contribution < -0.4 is 0 Å². The van der Waals surface area contributed by atoms with E-state index in [1.165, 1.54) is 24.3 Å². The average Bonchev–Trinajstić information content (AvgIpc) is 2.37. The second-order valence-electron chi connectivity index (χ2n) is 4.38. The van der Waals surface area contributed by atoms with E-state index in [1.807, 2.05) is 0 Å². The Hall–Kier alpha value is -1.34. The van der Waals surface area contributed by atoms with E-state index in [4.69, 9.17) is 0 Å². The zero-order valence-electron chi connectivity index (χ0n) is 10.5. The van der Waals surface area contributed by atoms with Crippen LogP contribution in [0.2, 0.25) is 0 Å². The van der Waals surface area contributed by atoms with Crippen LogP contribution in [0.4, 0.5) is 14.5 Å². The maximum atomic E-state index is 13.8. The standard InChI is InChI=1S/C14H9Br2F2NO2/c15-9-6-12(17)14(13(18)7-9)11(16)5-8-1-3-10(4-2-8)19(20)21/h1-4,6-7,11H,5H2. The first-order chi connectivity index (χ1) is 9.88. The van der Waals surface area contributed by atoms with Gasteiger partial charge in [-0.25, -0.2) is 8.78 Å². The van der Waals surface area contributed by atoms with Gasteiger partial charge < -0.3 is 0 Å². The molecule has 0 aliphatic rings. The molecule has 0 amide bonds. The first-order valence-electron chi connectivity index (χ1n) is 5.90. The van der Waals surface area contributed by atoms with Gasteiger partial charge >= 0.3 is 0 Å². The van der Waals surface area contributed by atoms with Crippen molar-refractivity contribution < 1.29 is 13.7 Å². The monoisotopic (exact) mass is 419 g/mol. The normalized spacial score (nSPS) is 12.2. The summed E-state index contributed by atoms with van der Waals surface area (Å²) in [5, 5.41) is 10.6. The number of non-ortho nitro benzene ring substituents is 1. The lowest BCUT2D eigenvalue weighted by Crippen LogP contribution is -2.02. The minimum atomic E-state index is -0.648. The number of nitro benzene ring substituents is 1. The number of nitrogens with zero attached hydrogens (tertiary/aromatic N) is 1. The molecular formula is C14H9Br2F2NO2. The fraction of sp³-hybridized carbons (Fsp3) is 0.143. The van der Waals surface area contributed by atoms with E-state index < -0.39 is 21.4 Å². The summed E-state index contributed by atoms with van der Waals surface area (Å²) in [5.41, 5.74) is 0.659. The predicted octanol–water partition coefficient (Wildman–Crippen LogP) is 5.31. The van der Waals surface area contributed by atoms with Crippen LogP contribution >= 0.6 is 31.9 Å². The maximum Gasteiger partial charge on any atom is 0.269 e. The molecule has 0 fully saturated rings. The molecule has 7 heteroatoms. The minimum absolute atomic E-state index is 0.0223. The van der Waals surface area contributed by atoms with Gasteiger partial charge in [0.2, 0.25) is 0 Å². The van der Waals surface area contributed by atoms with E-state index in [-0.39, 0.29) is 11.3 Å². The van der Waals surface area contributed by atoms with Crippen LogP contribution in [0.15, 0.2) is 40.9 Å². The molecule has 0 bridgehead atoms. The van der Waals surface area contributed by atoms with Crippen molar-refractivity contribution in [1.29, 1.82) is 0 Å². The quantitative estimate of drug-likeness (QED) is 0.382. The van der Waals surface area contributed by atoms with Crippen molar-refractivity contribution in [2.45, 2.75) is 11.2 Å². The van der Waals surface area contributed by atoms with Gasteiger partial charge in [-0.2, -0.15) is 0 Å². The molecule has 2 rings (SSSR count). The molecule has 0 aliphatic carbocycles. The van der Waals surface area contributed by atoms with Crippen molar-refractivity contribution in [3.63, 3.8) is 0 Å². The second-order valence-corrected chi connectivity index (χ2v) is 6.40. The summed E-state index contributed by atoms with van der Waals surface area (Å²) in [6.07, 6.45) is 0.313. The molecule has 3 nitrogen and oxygen atoms in total. The number of benzene rings is 2. The number of rotatable bonds is 4. The fourth-order valence-corrected chi connectivity index (χ4v) is 3.13. The Morgan fingerprint density at radius 1 is 1.14 bits per heavy atom. The van der Waals surface area contributed by atoms with Crippen LogP contribution in [0.5, 0.6) is 0 Å². The van der Waals surface area contributed by atoms with Crippen LogP contribution in [0.1, 0.15) is 16.0 Å². The molecule has 1 unspecified atom stereocenters. The molecule has 0 radical (unpaired) electrons. The zero-order valence-corrected chi connectivity index (χ0v) is 13.7. The van der Waals surface area contributed by atoms with Crippen molar-refractivity contribution in [2.75, 3.05) is 0 Å². The lowest BCUT2D eigenvalue weighted by atomic mass is 10.0.